The van der Waals surface area contributed by atoms with Crippen LogP contribution in [0.4, 0.5) is 5.69 Å². The molecule has 0 aliphatic heterocycles. The number of benzene rings is 2. The SMILES string of the molecule is C/C=C/C=C/C(=O)Nc1ccc(-c2cc(=O)c3cc(OC)ccc3o2)cc1. The van der Waals surface area contributed by atoms with Gasteiger partial charge >= 0.3 is 0 Å². The molecule has 136 valence electrons. The molecular formula is C22H19NO4. The fourth-order valence-corrected chi connectivity index (χ4v) is 2.56. The number of nitrogens with one attached hydrogen (secondary N) is 1. The third-order valence-electron chi connectivity index (χ3n) is 3.92. The third kappa shape index (κ3) is 4.33. The number of hydrogen-bond donors (Lipinski definition) is 1. The van der Waals surface area contributed by atoms with E-state index in [1.807, 2.05) is 13.0 Å². The molecule has 0 fully saturated rings. The summed E-state index contributed by atoms with van der Waals surface area (Å²) in [6, 6.07) is 13.7. The predicted octanol–water partition coefficient (Wildman–Crippen LogP) is 4.54. The van der Waals surface area contributed by atoms with E-state index in [1.54, 1.807) is 61.7 Å². The lowest BCUT2D eigenvalue weighted by Crippen LogP contribution is -2.07. The molecule has 5 nitrogen and oxygen atoms in total. The molecule has 1 aromatic heterocycles. The Kier molecular flexibility index (Phi) is 5.52. The molecule has 0 atom stereocenters. The lowest BCUT2D eigenvalue weighted by Gasteiger charge is -2.06. The van der Waals surface area contributed by atoms with E-state index in [4.69, 9.17) is 9.15 Å². The zero-order chi connectivity index (χ0) is 19.2. The molecule has 5 heteroatoms. The average molecular weight is 361 g/mol. The smallest absolute Gasteiger partial charge is 0.248 e. The number of allylic oxidation sites excluding steroid dienone is 3. The van der Waals surface area contributed by atoms with Crippen molar-refractivity contribution in [1.29, 1.82) is 0 Å². The lowest BCUT2D eigenvalue weighted by molar-refractivity contribution is -0.111. The van der Waals surface area contributed by atoms with Crippen molar-refractivity contribution in [2.24, 2.45) is 0 Å². The van der Waals surface area contributed by atoms with Crippen LogP contribution in [0.15, 0.2) is 82.0 Å². The molecule has 2 aromatic carbocycles. The highest BCUT2D eigenvalue weighted by molar-refractivity contribution is 5.99. The number of anilines is 1. The van der Waals surface area contributed by atoms with Crippen LogP contribution in [0.25, 0.3) is 22.3 Å². The number of carbonyl (C=O) groups excluding carboxylic acids is 1. The van der Waals surface area contributed by atoms with Crippen LogP contribution >= 0.6 is 0 Å². The maximum Gasteiger partial charge on any atom is 0.248 e. The van der Waals surface area contributed by atoms with E-state index in [-0.39, 0.29) is 11.3 Å². The third-order valence-corrected chi connectivity index (χ3v) is 3.92. The molecule has 0 saturated heterocycles. The summed E-state index contributed by atoms with van der Waals surface area (Å²) in [7, 11) is 1.55. The Labute approximate surface area is 156 Å². The average Bonchev–Trinajstić information content (AvgIpc) is 2.68. The molecule has 1 N–H and O–H groups in total. The molecule has 0 unspecified atom stereocenters. The number of ether oxygens (including phenoxy) is 1. The van der Waals surface area contributed by atoms with Gasteiger partial charge in [-0.15, -0.1) is 0 Å². The zero-order valence-electron chi connectivity index (χ0n) is 15.1. The van der Waals surface area contributed by atoms with Crippen LogP contribution in [0.2, 0.25) is 0 Å². The number of hydrogen-bond acceptors (Lipinski definition) is 4. The van der Waals surface area contributed by atoms with E-state index in [0.29, 0.717) is 28.2 Å². The second-order valence-corrected chi connectivity index (χ2v) is 5.79. The van der Waals surface area contributed by atoms with Gasteiger partial charge in [-0.05, 0) is 49.4 Å². The highest BCUT2D eigenvalue weighted by Crippen LogP contribution is 2.25. The van der Waals surface area contributed by atoms with Crippen molar-refractivity contribution in [3.63, 3.8) is 0 Å². The van der Waals surface area contributed by atoms with Crippen molar-refractivity contribution in [2.45, 2.75) is 6.92 Å². The zero-order valence-corrected chi connectivity index (χ0v) is 15.1. The van der Waals surface area contributed by atoms with Gasteiger partial charge in [-0.1, -0.05) is 18.2 Å². The van der Waals surface area contributed by atoms with E-state index in [1.165, 1.54) is 12.1 Å². The summed E-state index contributed by atoms with van der Waals surface area (Å²) in [5.41, 5.74) is 1.75. The number of amides is 1. The summed E-state index contributed by atoms with van der Waals surface area (Å²) in [6.45, 7) is 1.88. The predicted molar refractivity (Wildman–Crippen MR) is 107 cm³/mol. The van der Waals surface area contributed by atoms with Gasteiger partial charge in [-0.25, -0.2) is 0 Å². The fourth-order valence-electron chi connectivity index (χ4n) is 2.56. The Bertz CT molecular complexity index is 1080. The van der Waals surface area contributed by atoms with E-state index in [0.717, 1.165) is 5.56 Å². The minimum Gasteiger partial charge on any atom is -0.497 e. The quantitative estimate of drug-likeness (QED) is 0.535. The minimum atomic E-state index is -0.216. The van der Waals surface area contributed by atoms with Crippen LogP contribution in [0.1, 0.15) is 6.92 Å². The van der Waals surface area contributed by atoms with Crippen LogP contribution in [-0.4, -0.2) is 13.0 Å². The Balaban J connectivity index is 1.84. The molecule has 3 rings (SSSR count). The molecule has 0 bridgehead atoms. The Hall–Kier alpha value is -3.60. The number of methoxy groups -OCH3 is 1. The van der Waals surface area contributed by atoms with Crippen molar-refractivity contribution in [2.75, 3.05) is 12.4 Å². The summed E-state index contributed by atoms with van der Waals surface area (Å²) < 4.78 is 11.0. The second kappa shape index (κ2) is 8.19. The lowest BCUT2D eigenvalue weighted by atomic mass is 10.1. The van der Waals surface area contributed by atoms with Crippen molar-refractivity contribution in [3.05, 3.63) is 83.1 Å². The first-order chi connectivity index (χ1) is 13.1. The Morgan fingerprint density at radius 2 is 1.85 bits per heavy atom. The van der Waals surface area contributed by atoms with E-state index < -0.39 is 0 Å². The molecule has 3 aromatic rings. The van der Waals surface area contributed by atoms with Gasteiger partial charge in [0.1, 0.15) is 17.1 Å². The summed E-state index contributed by atoms with van der Waals surface area (Å²) in [5, 5.41) is 3.23. The first kappa shape index (κ1) is 18.2. The van der Waals surface area contributed by atoms with E-state index in [9.17, 15) is 9.59 Å². The summed E-state index contributed by atoms with van der Waals surface area (Å²) in [5.74, 6) is 0.849. The molecule has 0 radical (unpaired) electrons. The Morgan fingerprint density at radius 1 is 1.07 bits per heavy atom. The van der Waals surface area contributed by atoms with Gasteiger partial charge < -0.3 is 14.5 Å². The first-order valence-electron chi connectivity index (χ1n) is 8.43. The van der Waals surface area contributed by atoms with Gasteiger partial charge in [0.15, 0.2) is 5.43 Å². The normalized spacial score (nSPS) is 11.3. The highest BCUT2D eigenvalue weighted by atomic mass is 16.5. The van der Waals surface area contributed by atoms with Crippen molar-refractivity contribution >= 4 is 22.6 Å². The second-order valence-electron chi connectivity index (χ2n) is 5.79. The van der Waals surface area contributed by atoms with Crippen molar-refractivity contribution in [1.82, 2.24) is 0 Å². The van der Waals surface area contributed by atoms with Crippen LogP contribution in [0.3, 0.4) is 0 Å². The monoisotopic (exact) mass is 361 g/mol. The minimum absolute atomic E-state index is 0.142. The van der Waals surface area contributed by atoms with Crippen LogP contribution in [0, 0.1) is 0 Å². The molecule has 0 aliphatic carbocycles. The van der Waals surface area contributed by atoms with Crippen molar-refractivity contribution < 1.29 is 13.9 Å². The van der Waals surface area contributed by atoms with Gasteiger partial charge in [0, 0.05) is 23.4 Å². The number of fused-ring (bicyclic) bond motifs is 1. The Morgan fingerprint density at radius 3 is 2.56 bits per heavy atom. The van der Waals surface area contributed by atoms with Gasteiger partial charge in [-0.3, -0.25) is 9.59 Å². The number of rotatable bonds is 5. The largest absolute Gasteiger partial charge is 0.497 e. The summed E-state index contributed by atoms with van der Waals surface area (Å²) in [4.78, 5) is 24.2. The van der Waals surface area contributed by atoms with Gasteiger partial charge in [-0.2, -0.15) is 0 Å². The van der Waals surface area contributed by atoms with Crippen LogP contribution in [0.5, 0.6) is 5.75 Å². The van der Waals surface area contributed by atoms with Crippen molar-refractivity contribution in [3.8, 4) is 17.1 Å². The molecule has 1 amide bonds. The number of carbonyl (C=O) groups is 1. The van der Waals surface area contributed by atoms with Gasteiger partial charge in [0.25, 0.3) is 0 Å². The van der Waals surface area contributed by atoms with Gasteiger partial charge in [0.05, 0.1) is 12.5 Å². The molecular weight excluding hydrogens is 342 g/mol. The molecule has 0 saturated carbocycles. The standard InChI is InChI=1S/C22H19NO4/c1-3-4-5-6-22(25)23-16-9-7-15(8-10-16)21-14-19(24)18-13-17(26-2)11-12-20(18)27-21/h3-14H,1-2H3,(H,23,25)/b4-3+,6-5+. The molecule has 0 aliphatic rings. The first-order valence-corrected chi connectivity index (χ1v) is 8.43. The summed E-state index contributed by atoms with van der Waals surface area (Å²) >= 11 is 0. The van der Waals surface area contributed by atoms with Gasteiger partial charge in [0.2, 0.25) is 5.91 Å². The fraction of sp³-hybridized carbons (Fsp3) is 0.0909. The topological polar surface area (TPSA) is 68.5 Å². The van der Waals surface area contributed by atoms with E-state index in [2.05, 4.69) is 5.32 Å². The highest BCUT2D eigenvalue weighted by Gasteiger charge is 2.08. The van der Waals surface area contributed by atoms with E-state index >= 15 is 0 Å². The maximum atomic E-state index is 12.4. The maximum absolute atomic E-state index is 12.4. The van der Waals surface area contributed by atoms with Crippen LogP contribution in [-0.2, 0) is 4.79 Å². The molecule has 27 heavy (non-hydrogen) atoms. The molecule has 0 spiro atoms. The summed E-state index contributed by atoms with van der Waals surface area (Å²) in [6.07, 6.45) is 6.74. The van der Waals surface area contributed by atoms with Crippen LogP contribution < -0.4 is 15.5 Å². The molecule has 1 heterocycles.